The highest BCUT2D eigenvalue weighted by Crippen LogP contribution is 2.44. The normalized spacial score (nSPS) is 38.8. The third-order valence-corrected chi connectivity index (χ3v) is 4.12. The van der Waals surface area contributed by atoms with Crippen molar-refractivity contribution in [3.8, 4) is 0 Å². The van der Waals surface area contributed by atoms with E-state index >= 15 is 0 Å². The summed E-state index contributed by atoms with van der Waals surface area (Å²) in [7, 11) is 0.954. The van der Waals surface area contributed by atoms with Gasteiger partial charge in [0.05, 0.1) is 0 Å². The second kappa shape index (κ2) is 5.71. The van der Waals surface area contributed by atoms with Crippen molar-refractivity contribution in [1.82, 2.24) is 0 Å². The highest BCUT2D eigenvalue weighted by atomic mass is 31.1. The summed E-state index contributed by atoms with van der Waals surface area (Å²) >= 11 is 0. The highest BCUT2D eigenvalue weighted by molar-refractivity contribution is 7.40. The monoisotopic (exact) mass is 210 g/mol. The third kappa shape index (κ3) is 2.48. The lowest BCUT2D eigenvalue weighted by atomic mass is 9.85. The maximum Gasteiger partial charge on any atom is -0.0176 e. The summed E-state index contributed by atoms with van der Waals surface area (Å²) in [5.74, 6) is 5.58. The van der Waals surface area contributed by atoms with E-state index in [1.807, 2.05) is 0 Å². The average Bonchev–Trinajstić information content (AvgIpc) is 2.50. The lowest BCUT2D eigenvalue weighted by Crippen LogP contribution is -2.12. The van der Waals surface area contributed by atoms with Gasteiger partial charge in [0.1, 0.15) is 0 Å². The molecule has 5 atom stereocenters. The van der Waals surface area contributed by atoms with E-state index in [1.165, 1.54) is 12.8 Å². The maximum atomic E-state index is 3.98. The van der Waals surface area contributed by atoms with Gasteiger partial charge in [-0.2, -0.15) is 0 Å². The van der Waals surface area contributed by atoms with Crippen LogP contribution in [0.1, 0.15) is 26.7 Å². The van der Waals surface area contributed by atoms with E-state index in [1.54, 1.807) is 0 Å². The summed E-state index contributed by atoms with van der Waals surface area (Å²) in [5, 5.41) is 0. The van der Waals surface area contributed by atoms with Gasteiger partial charge in [0.15, 0.2) is 0 Å². The van der Waals surface area contributed by atoms with Gasteiger partial charge in [0, 0.05) is 0 Å². The first-order valence-electron chi connectivity index (χ1n) is 5.71. The average molecular weight is 210 g/mol. The van der Waals surface area contributed by atoms with Crippen LogP contribution in [0, 0.1) is 23.7 Å². The molecule has 14 heavy (non-hydrogen) atoms. The van der Waals surface area contributed by atoms with Crippen molar-refractivity contribution in [3.05, 3.63) is 24.5 Å². The Balaban J connectivity index is 2.69. The van der Waals surface area contributed by atoms with E-state index in [0.717, 1.165) is 32.3 Å². The quantitative estimate of drug-likeness (QED) is 0.479. The molecule has 0 bridgehead atoms. The SMILES string of the molecule is C=CC1C(C)CC(/C=C\PC)C1CC. The van der Waals surface area contributed by atoms with Gasteiger partial charge in [-0.1, -0.05) is 38.2 Å². The highest BCUT2D eigenvalue weighted by Gasteiger charge is 2.36. The van der Waals surface area contributed by atoms with Crippen LogP contribution in [0.4, 0.5) is 0 Å². The van der Waals surface area contributed by atoms with Crippen LogP contribution >= 0.6 is 8.58 Å². The zero-order valence-electron chi connectivity index (χ0n) is 9.66. The first kappa shape index (κ1) is 12.0. The Morgan fingerprint density at radius 3 is 2.71 bits per heavy atom. The fraction of sp³-hybridized carbons (Fsp3) is 0.692. The first-order valence-corrected chi connectivity index (χ1v) is 7.28. The molecule has 1 aliphatic carbocycles. The van der Waals surface area contributed by atoms with Gasteiger partial charge < -0.3 is 0 Å². The molecule has 0 radical (unpaired) electrons. The Hall–Kier alpha value is -0.0900. The summed E-state index contributed by atoms with van der Waals surface area (Å²) in [6.45, 7) is 10.9. The largest absolute Gasteiger partial charge is 0.103 e. The summed E-state index contributed by atoms with van der Waals surface area (Å²) in [4.78, 5) is 0. The van der Waals surface area contributed by atoms with Gasteiger partial charge in [0.2, 0.25) is 0 Å². The Labute approximate surface area is 90.6 Å². The number of allylic oxidation sites excluding steroid dienone is 2. The Kier molecular flexibility index (Phi) is 4.89. The first-order chi connectivity index (χ1) is 6.74. The van der Waals surface area contributed by atoms with Crippen LogP contribution in [0.2, 0.25) is 0 Å². The van der Waals surface area contributed by atoms with E-state index in [2.05, 4.69) is 45.1 Å². The van der Waals surface area contributed by atoms with Gasteiger partial charge in [0.25, 0.3) is 0 Å². The maximum absolute atomic E-state index is 3.98. The molecule has 0 spiro atoms. The molecule has 0 aromatic carbocycles. The van der Waals surface area contributed by atoms with E-state index in [9.17, 15) is 0 Å². The number of hydrogen-bond donors (Lipinski definition) is 0. The summed E-state index contributed by atoms with van der Waals surface area (Å²) < 4.78 is 0. The van der Waals surface area contributed by atoms with Crippen molar-refractivity contribution in [2.45, 2.75) is 26.7 Å². The molecule has 0 aromatic heterocycles. The topological polar surface area (TPSA) is 0 Å². The van der Waals surface area contributed by atoms with E-state index in [-0.39, 0.29) is 0 Å². The van der Waals surface area contributed by atoms with Crippen molar-refractivity contribution in [2.75, 3.05) is 6.66 Å². The molecule has 0 nitrogen and oxygen atoms in total. The van der Waals surface area contributed by atoms with Gasteiger partial charge in [-0.15, -0.1) is 15.2 Å². The van der Waals surface area contributed by atoms with Crippen molar-refractivity contribution in [3.63, 3.8) is 0 Å². The van der Waals surface area contributed by atoms with Crippen molar-refractivity contribution in [2.24, 2.45) is 23.7 Å². The second-order valence-electron chi connectivity index (χ2n) is 4.41. The van der Waals surface area contributed by atoms with Gasteiger partial charge in [-0.05, 0) is 36.8 Å². The van der Waals surface area contributed by atoms with Gasteiger partial charge in [-0.3, -0.25) is 0 Å². The van der Waals surface area contributed by atoms with Crippen LogP contribution in [0.5, 0.6) is 0 Å². The summed E-state index contributed by atoms with van der Waals surface area (Å²) in [6.07, 6.45) is 7.28. The van der Waals surface area contributed by atoms with Crippen LogP contribution in [-0.4, -0.2) is 6.66 Å². The fourth-order valence-corrected chi connectivity index (χ4v) is 3.33. The molecular formula is C13H23P. The molecule has 1 rings (SSSR count). The van der Waals surface area contributed by atoms with E-state index < -0.39 is 0 Å². The Morgan fingerprint density at radius 1 is 1.50 bits per heavy atom. The molecule has 1 heteroatoms. The Bertz CT molecular complexity index is 207. The van der Waals surface area contributed by atoms with Crippen molar-refractivity contribution in [1.29, 1.82) is 0 Å². The molecular weight excluding hydrogens is 187 g/mol. The zero-order valence-corrected chi connectivity index (χ0v) is 10.7. The third-order valence-electron chi connectivity index (χ3n) is 3.60. The molecule has 1 aliphatic rings. The lowest BCUT2D eigenvalue weighted by Gasteiger charge is -2.20. The van der Waals surface area contributed by atoms with Gasteiger partial charge >= 0.3 is 0 Å². The minimum Gasteiger partial charge on any atom is -0.103 e. The molecule has 80 valence electrons. The predicted molar refractivity (Wildman–Crippen MR) is 68.1 cm³/mol. The Morgan fingerprint density at radius 2 is 2.21 bits per heavy atom. The van der Waals surface area contributed by atoms with E-state index in [0.29, 0.717) is 0 Å². The standard InChI is InChI=1S/C13H23P/c1-5-12-10(3)9-11(7-8-14-4)13(12)6-2/h5,7-8,10-14H,1,6,9H2,2-4H3/b8-7-. The minimum atomic E-state index is 0.745. The minimum absolute atomic E-state index is 0.745. The van der Waals surface area contributed by atoms with Crippen LogP contribution in [0.3, 0.4) is 0 Å². The molecule has 0 N–H and O–H groups in total. The number of rotatable bonds is 4. The summed E-state index contributed by atoms with van der Waals surface area (Å²) in [6, 6.07) is 0. The molecule has 0 aromatic rings. The zero-order chi connectivity index (χ0) is 10.6. The molecule has 5 unspecified atom stereocenters. The van der Waals surface area contributed by atoms with Crippen LogP contribution in [0.15, 0.2) is 24.5 Å². The molecule has 0 heterocycles. The van der Waals surface area contributed by atoms with Crippen LogP contribution in [-0.2, 0) is 0 Å². The number of hydrogen-bond acceptors (Lipinski definition) is 0. The smallest absolute Gasteiger partial charge is 0.0176 e. The fourth-order valence-electron chi connectivity index (χ4n) is 2.89. The van der Waals surface area contributed by atoms with E-state index in [4.69, 9.17) is 0 Å². The molecule has 1 saturated carbocycles. The van der Waals surface area contributed by atoms with Crippen LogP contribution < -0.4 is 0 Å². The molecule has 0 amide bonds. The van der Waals surface area contributed by atoms with Gasteiger partial charge in [-0.25, -0.2) is 0 Å². The lowest BCUT2D eigenvalue weighted by molar-refractivity contribution is 0.363. The van der Waals surface area contributed by atoms with Crippen LogP contribution in [0.25, 0.3) is 0 Å². The molecule has 1 fully saturated rings. The molecule has 0 aliphatic heterocycles. The second-order valence-corrected chi connectivity index (χ2v) is 5.32. The summed E-state index contributed by atoms with van der Waals surface area (Å²) in [5.41, 5.74) is 0. The van der Waals surface area contributed by atoms with Crippen molar-refractivity contribution < 1.29 is 0 Å². The predicted octanol–water partition coefficient (Wildman–Crippen LogP) is 4.29. The van der Waals surface area contributed by atoms with Crippen molar-refractivity contribution >= 4 is 8.58 Å². The molecule has 0 saturated heterocycles.